The predicted molar refractivity (Wildman–Crippen MR) is 87.8 cm³/mol. The molecule has 0 saturated heterocycles. The molecule has 2 aliphatic rings. The summed E-state index contributed by atoms with van der Waals surface area (Å²) in [4.78, 5) is 0. The highest BCUT2D eigenvalue weighted by Gasteiger charge is 2.54. The highest BCUT2D eigenvalue weighted by atomic mass is 16.5. The van der Waals surface area contributed by atoms with Gasteiger partial charge in [0.2, 0.25) is 0 Å². The maximum Gasteiger partial charge on any atom is 0.122 e. The lowest BCUT2D eigenvalue weighted by atomic mass is 9.48. The predicted octanol–water partition coefficient (Wildman–Crippen LogP) is 4.33. The van der Waals surface area contributed by atoms with Crippen LogP contribution in [0.2, 0.25) is 0 Å². The number of nitrogens with two attached hydrogens (primary N) is 1. The zero-order valence-corrected chi connectivity index (χ0v) is 13.6. The highest BCUT2D eigenvalue weighted by Crippen LogP contribution is 2.62. The van der Waals surface area contributed by atoms with Crippen LogP contribution in [0.15, 0.2) is 18.2 Å². The molecule has 2 aliphatic carbocycles. The van der Waals surface area contributed by atoms with Gasteiger partial charge in [0.1, 0.15) is 5.75 Å². The molecule has 2 heteroatoms. The van der Waals surface area contributed by atoms with Crippen LogP contribution in [0.1, 0.15) is 62.5 Å². The van der Waals surface area contributed by atoms with Crippen LogP contribution in [-0.4, -0.2) is 13.7 Å². The van der Waals surface area contributed by atoms with Crippen LogP contribution in [0.25, 0.3) is 0 Å². The lowest BCUT2D eigenvalue weighted by molar-refractivity contribution is 0.00995. The van der Waals surface area contributed by atoms with Crippen LogP contribution in [0.4, 0.5) is 0 Å². The van der Waals surface area contributed by atoms with E-state index in [2.05, 4.69) is 25.1 Å². The Labute approximate surface area is 129 Å². The molecular formula is C19H29NO. The van der Waals surface area contributed by atoms with E-state index in [1.807, 2.05) is 0 Å². The molecule has 3 rings (SSSR count). The van der Waals surface area contributed by atoms with Crippen molar-refractivity contribution in [3.05, 3.63) is 29.3 Å². The molecule has 1 spiro atoms. The van der Waals surface area contributed by atoms with Gasteiger partial charge in [0.25, 0.3) is 0 Å². The molecule has 0 unspecified atom stereocenters. The van der Waals surface area contributed by atoms with Gasteiger partial charge in [-0.25, -0.2) is 0 Å². The van der Waals surface area contributed by atoms with Crippen molar-refractivity contribution < 1.29 is 4.74 Å². The standard InChI is InChI=1S/C19H29NO/c1-15-7-8-17(21-2)16(11-15)19(14-20)12-18(13-19)9-5-3-4-6-10-18/h7-8,11H,3-6,9-10,12-14,20H2,1-2H3. The van der Waals surface area contributed by atoms with Crippen molar-refractivity contribution in [3.8, 4) is 5.75 Å². The highest BCUT2D eigenvalue weighted by molar-refractivity contribution is 5.45. The molecule has 2 saturated carbocycles. The molecule has 0 aromatic heterocycles. The molecule has 116 valence electrons. The van der Waals surface area contributed by atoms with Gasteiger partial charge in [0, 0.05) is 17.5 Å². The van der Waals surface area contributed by atoms with Gasteiger partial charge in [0.15, 0.2) is 0 Å². The van der Waals surface area contributed by atoms with Crippen molar-refractivity contribution in [3.63, 3.8) is 0 Å². The number of ether oxygens (including phenoxy) is 1. The lowest BCUT2D eigenvalue weighted by Gasteiger charge is -2.57. The molecule has 2 fully saturated rings. The maximum absolute atomic E-state index is 6.25. The second-order valence-corrected chi connectivity index (χ2v) is 7.46. The van der Waals surface area contributed by atoms with E-state index in [4.69, 9.17) is 10.5 Å². The summed E-state index contributed by atoms with van der Waals surface area (Å²) in [6.45, 7) is 2.90. The molecular weight excluding hydrogens is 258 g/mol. The third-order valence-corrected chi connectivity index (χ3v) is 5.91. The first-order chi connectivity index (χ1) is 10.1. The minimum absolute atomic E-state index is 0.154. The zero-order chi connectivity index (χ0) is 14.9. The van der Waals surface area contributed by atoms with Crippen molar-refractivity contribution in [2.45, 2.75) is 63.7 Å². The van der Waals surface area contributed by atoms with Crippen LogP contribution in [0.5, 0.6) is 5.75 Å². The Morgan fingerprint density at radius 2 is 1.76 bits per heavy atom. The largest absolute Gasteiger partial charge is 0.496 e. The Morgan fingerprint density at radius 1 is 1.10 bits per heavy atom. The molecule has 0 bridgehead atoms. The normalized spacial score (nSPS) is 23.4. The van der Waals surface area contributed by atoms with Gasteiger partial charge < -0.3 is 10.5 Å². The second kappa shape index (κ2) is 5.64. The first kappa shape index (κ1) is 14.9. The number of hydrogen-bond acceptors (Lipinski definition) is 2. The molecule has 21 heavy (non-hydrogen) atoms. The summed E-state index contributed by atoms with van der Waals surface area (Å²) in [6.07, 6.45) is 11.0. The van der Waals surface area contributed by atoms with Crippen molar-refractivity contribution in [1.82, 2.24) is 0 Å². The summed E-state index contributed by atoms with van der Waals surface area (Å²) < 4.78 is 5.63. The van der Waals surface area contributed by atoms with E-state index < -0.39 is 0 Å². The maximum atomic E-state index is 6.25. The fourth-order valence-electron chi connectivity index (χ4n) is 4.90. The van der Waals surface area contributed by atoms with Crippen molar-refractivity contribution >= 4 is 0 Å². The fraction of sp³-hybridized carbons (Fsp3) is 0.684. The molecule has 0 amide bonds. The zero-order valence-electron chi connectivity index (χ0n) is 13.6. The molecule has 1 aromatic rings. The van der Waals surface area contributed by atoms with Gasteiger partial charge >= 0.3 is 0 Å². The Kier molecular flexibility index (Phi) is 4.00. The third kappa shape index (κ3) is 2.59. The first-order valence-electron chi connectivity index (χ1n) is 8.48. The summed E-state index contributed by atoms with van der Waals surface area (Å²) in [6, 6.07) is 6.54. The monoisotopic (exact) mass is 287 g/mol. The van der Waals surface area contributed by atoms with Gasteiger partial charge in [-0.15, -0.1) is 0 Å². The van der Waals surface area contributed by atoms with Gasteiger partial charge in [-0.2, -0.15) is 0 Å². The number of hydrogen-bond donors (Lipinski definition) is 1. The van der Waals surface area contributed by atoms with E-state index in [1.54, 1.807) is 7.11 Å². The van der Waals surface area contributed by atoms with Crippen LogP contribution < -0.4 is 10.5 Å². The lowest BCUT2D eigenvalue weighted by Crippen LogP contribution is -2.53. The number of rotatable bonds is 3. The molecule has 0 heterocycles. The summed E-state index contributed by atoms with van der Waals surface area (Å²) in [5.74, 6) is 1.02. The van der Waals surface area contributed by atoms with Crippen LogP contribution >= 0.6 is 0 Å². The van der Waals surface area contributed by atoms with Crippen LogP contribution in [0, 0.1) is 12.3 Å². The second-order valence-electron chi connectivity index (χ2n) is 7.46. The average Bonchev–Trinajstić information content (AvgIpc) is 2.71. The molecule has 0 aliphatic heterocycles. The van der Waals surface area contributed by atoms with Crippen LogP contribution in [-0.2, 0) is 5.41 Å². The number of methoxy groups -OCH3 is 1. The topological polar surface area (TPSA) is 35.2 Å². The molecule has 2 nitrogen and oxygen atoms in total. The fourth-order valence-corrected chi connectivity index (χ4v) is 4.90. The summed E-state index contributed by atoms with van der Waals surface area (Å²) >= 11 is 0. The summed E-state index contributed by atoms with van der Waals surface area (Å²) in [5, 5.41) is 0. The van der Waals surface area contributed by atoms with Gasteiger partial charge in [0.05, 0.1) is 7.11 Å². The number of benzene rings is 1. The minimum atomic E-state index is 0.154. The van der Waals surface area contributed by atoms with Gasteiger partial charge in [-0.05, 0) is 44.1 Å². The summed E-state index contributed by atoms with van der Waals surface area (Å²) in [7, 11) is 1.78. The van der Waals surface area contributed by atoms with E-state index in [1.165, 1.54) is 62.5 Å². The molecule has 0 radical (unpaired) electrons. The first-order valence-corrected chi connectivity index (χ1v) is 8.48. The van der Waals surface area contributed by atoms with Crippen LogP contribution in [0.3, 0.4) is 0 Å². The van der Waals surface area contributed by atoms with Crippen molar-refractivity contribution in [2.75, 3.05) is 13.7 Å². The van der Waals surface area contributed by atoms with Gasteiger partial charge in [-0.1, -0.05) is 43.4 Å². The minimum Gasteiger partial charge on any atom is -0.496 e. The number of aryl methyl sites for hydroxylation is 1. The Morgan fingerprint density at radius 3 is 2.33 bits per heavy atom. The third-order valence-electron chi connectivity index (χ3n) is 5.91. The molecule has 0 atom stereocenters. The molecule has 1 aromatic carbocycles. The van der Waals surface area contributed by atoms with E-state index >= 15 is 0 Å². The molecule has 2 N–H and O–H groups in total. The summed E-state index contributed by atoms with van der Waals surface area (Å²) in [5.41, 5.74) is 9.63. The van der Waals surface area contributed by atoms with Crippen molar-refractivity contribution in [1.29, 1.82) is 0 Å². The average molecular weight is 287 g/mol. The van der Waals surface area contributed by atoms with E-state index in [-0.39, 0.29) is 5.41 Å². The quantitative estimate of drug-likeness (QED) is 0.898. The SMILES string of the molecule is COc1ccc(C)cc1C1(CN)CC2(CCCCCC2)C1. The van der Waals surface area contributed by atoms with Crippen molar-refractivity contribution in [2.24, 2.45) is 11.1 Å². The Balaban J connectivity index is 1.88. The van der Waals surface area contributed by atoms with Gasteiger partial charge in [-0.3, -0.25) is 0 Å². The van der Waals surface area contributed by atoms with E-state index in [0.717, 1.165) is 12.3 Å². The smallest absolute Gasteiger partial charge is 0.122 e. The Hall–Kier alpha value is -1.02. The van der Waals surface area contributed by atoms with E-state index in [9.17, 15) is 0 Å². The Bertz CT molecular complexity index is 492. The van der Waals surface area contributed by atoms with E-state index in [0.29, 0.717) is 5.41 Å².